The number of aliphatic hydroxyl groups excluding tert-OH is 1. The number of carbonyl (C=O) groups excluding carboxylic acids is 2. The number of hydrogen-bond donors (Lipinski definition) is 1. The van der Waals surface area contributed by atoms with Crippen LogP contribution in [0.25, 0.3) is 5.76 Å². The number of non-ortho nitro benzene ring substituents is 1. The molecule has 0 radical (unpaired) electrons. The van der Waals surface area contributed by atoms with Crippen molar-refractivity contribution in [3.63, 3.8) is 0 Å². The fourth-order valence-corrected chi connectivity index (χ4v) is 7.05. The van der Waals surface area contributed by atoms with Gasteiger partial charge in [0.1, 0.15) is 9.97 Å². The number of ketones is 1. The maximum Gasteiger partial charge on any atom is 0.301 e. The molecular weight excluding hydrogens is 601 g/mol. The number of Topliss-reactive ketones (excluding diaryl/α,β-unsaturated/α-hetero) is 1. The zero-order chi connectivity index (χ0) is 28.8. The first-order valence-corrected chi connectivity index (χ1v) is 14.3. The summed E-state index contributed by atoms with van der Waals surface area (Å²) in [6.45, 7) is 0. The summed E-state index contributed by atoms with van der Waals surface area (Å²) >= 11 is 13.0. The summed E-state index contributed by atoms with van der Waals surface area (Å²) in [6.07, 6.45) is 1.03. The predicted molar refractivity (Wildman–Crippen MR) is 148 cm³/mol. The number of benzene rings is 3. The fraction of sp³-hybridized carbons (Fsp3) is 0.0385. The van der Waals surface area contributed by atoms with Gasteiger partial charge in [0.15, 0.2) is 5.13 Å². The number of thiazole rings is 1. The third-order valence-electron chi connectivity index (χ3n) is 6.06. The second kappa shape index (κ2) is 10.5. The molecule has 40 heavy (non-hydrogen) atoms. The Morgan fingerprint density at radius 1 is 1.00 bits per heavy atom. The van der Waals surface area contributed by atoms with Gasteiger partial charge in [0, 0.05) is 27.7 Å². The minimum atomic E-state index is -4.18. The highest BCUT2D eigenvalue weighted by Gasteiger charge is 2.49. The number of nitro groups is 1. The quantitative estimate of drug-likeness (QED) is 0.0938. The van der Waals surface area contributed by atoms with Crippen LogP contribution in [0.3, 0.4) is 0 Å². The maximum atomic E-state index is 13.4. The van der Waals surface area contributed by atoms with Gasteiger partial charge in [0.05, 0.1) is 27.6 Å². The number of carbonyl (C=O) groups is 2. The fourth-order valence-electron chi connectivity index (χ4n) is 4.13. The van der Waals surface area contributed by atoms with Crippen molar-refractivity contribution < 1.29 is 28.0 Å². The molecule has 0 aliphatic carbocycles. The number of aliphatic hydroxyl groups is 1. The third kappa shape index (κ3) is 4.75. The SMILES string of the molecule is O=C1C(=O)N(c2ncc(S(=O)(=O)c3ccc([N+](=O)[O-])cc3)s2)C(c2ccccc2Cl)/C1=C(/O)c1ccc(Cl)cc1. The molecule has 1 saturated heterocycles. The summed E-state index contributed by atoms with van der Waals surface area (Å²) < 4.78 is 26.2. The number of hydrogen-bond acceptors (Lipinski definition) is 9. The monoisotopic (exact) mass is 615 g/mol. The molecule has 0 saturated carbocycles. The second-order valence-corrected chi connectivity index (χ2v) is 12.4. The lowest BCUT2D eigenvalue weighted by molar-refractivity contribution is -0.384. The van der Waals surface area contributed by atoms with Crippen LogP contribution in [-0.2, 0) is 19.4 Å². The van der Waals surface area contributed by atoms with Gasteiger partial charge in [-0.25, -0.2) is 13.4 Å². The molecule has 0 bridgehead atoms. The van der Waals surface area contributed by atoms with Gasteiger partial charge >= 0.3 is 5.91 Å². The molecular formula is C26H15Cl2N3O7S2. The number of nitrogens with zero attached hydrogens (tertiary/aromatic N) is 3. The zero-order valence-electron chi connectivity index (χ0n) is 19.9. The average molecular weight is 616 g/mol. The standard InChI is InChI=1S/C26H15Cl2N3O7S2/c27-15-7-5-14(6-8-15)23(32)21-22(18-3-1-2-4-19(18)28)30(25(34)24(21)33)26-29-13-20(39-26)40(37,38)17-11-9-16(10-12-17)31(35)36/h1-13,22,32H/b23-21-. The molecule has 14 heteroatoms. The first-order chi connectivity index (χ1) is 19.0. The van der Waals surface area contributed by atoms with E-state index in [4.69, 9.17) is 23.2 Å². The Labute approximate surface area is 240 Å². The number of rotatable bonds is 6. The molecule has 3 aromatic carbocycles. The van der Waals surface area contributed by atoms with Crippen molar-refractivity contribution in [1.29, 1.82) is 0 Å². The molecule has 1 unspecified atom stereocenters. The van der Waals surface area contributed by atoms with E-state index in [-0.39, 0.29) is 36.1 Å². The number of nitro benzene ring substituents is 1. The molecule has 1 aliphatic heterocycles. The summed E-state index contributed by atoms with van der Waals surface area (Å²) in [5.41, 5.74) is -0.0307. The maximum absolute atomic E-state index is 13.4. The molecule has 1 aliphatic rings. The van der Waals surface area contributed by atoms with Crippen LogP contribution in [0.2, 0.25) is 10.0 Å². The van der Waals surface area contributed by atoms with E-state index in [0.29, 0.717) is 21.9 Å². The largest absolute Gasteiger partial charge is 0.507 e. The van der Waals surface area contributed by atoms with Gasteiger partial charge in [-0.15, -0.1) is 0 Å². The molecule has 1 amide bonds. The van der Waals surface area contributed by atoms with Crippen LogP contribution in [0.4, 0.5) is 10.8 Å². The van der Waals surface area contributed by atoms with Crippen LogP contribution < -0.4 is 4.90 Å². The van der Waals surface area contributed by atoms with Gasteiger partial charge in [-0.1, -0.05) is 52.7 Å². The van der Waals surface area contributed by atoms with Crippen LogP contribution in [0.15, 0.2) is 93.7 Å². The molecule has 2 heterocycles. The number of sulfone groups is 1. The van der Waals surface area contributed by atoms with Crippen molar-refractivity contribution in [2.75, 3.05) is 4.90 Å². The van der Waals surface area contributed by atoms with E-state index in [1.54, 1.807) is 24.3 Å². The molecule has 1 atom stereocenters. The normalized spacial score (nSPS) is 16.9. The molecule has 1 aromatic heterocycles. The van der Waals surface area contributed by atoms with E-state index in [2.05, 4.69) is 4.98 Å². The van der Waals surface area contributed by atoms with E-state index < -0.39 is 38.3 Å². The van der Waals surface area contributed by atoms with Gasteiger partial charge < -0.3 is 5.11 Å². The lowest BCUT2D eigenvalue weighted by Gasteiger charge is -2.23. The highest BCUT2D eigenvalue weighted by Crippen LogP contribution is 2.46. The van der Waals surface area contributed by atoms with E-state index >= 15 is 0 Å². The van der Waals surface area contributed by atoms with Crippen molar-refractivity contribution in [2.24, 2.45) is 0 Å². The third-order valence-corrected chi connectivity index (χ3v) is 9.89. The summed E-state index contributed by atoms with van der Waals surface area (Å²) in [6, 6.07) is 15.4. The summed E-state index contributed by atoms with van der Waals surface area (Å²) in [5.74, 6) is -2.54. The number of halogens is 2. The average Bonchev–Trinajstić information content (AvgIpc) is 3.52. The van der Waals surface area contributed by atoms with Crippen molar-refractivity contribution in [3.8, 4) is 0 Å². The van der Waals surface area contributed by atoms with E-state index in [9.17, 15) is 33.2 Å². The minimum absolute atomic E-state index is 0.136. The van der Waals surface area contributed by atoms with Crippen molar-refractivity contribution in [2.45, 2.75) is 15.1 Å². The smallest absolute Gasteiger partial charge is 0.301 e. The summed E-state index contributed by atoms with van der Waals surface area (Å²) in [5, 5.41) is 22.5. The van der Waals surface area contributed by atoms with Crippen LogP contribution in [0, 0.1) is 10.1 Å². The van der Waals surface area contributed by atoms with Crippen LogP contribution in [0.5, 0.6) is 0 Å². The number of amides is 1. The Balaban J connectivity index is 1.63. The van der Waals surface area contributed by atoms with Crippen LogP contribution in [0.1, 0.15) is 17.2 Å². The topological polar surface area (TPSA) is 148 Å². The van der Waals surface area contributed by atoms with E-state index in [1.165, 1.54) is 24.3 Å². The Morgan fingerprint density at radius 2 is 1.65 bits per heavy atom. The lowest BCUT2D eigenvalue weighted by Crippen LogP contribution is -2.29. The Kier molecular flexibility index (Phi) is 7.19. The second-order valence-electron chi connectivity index (χ2n) is 8.41. The van der Waals surface area contributed by atoms with Gasteiger partial charge in [0.2, 0.25) is 9.84 Å². The lowest BCUT2D eigenvalue weighted by atomic mass is 9.95. The van der Waals surface area contributed by atoms with Crippen molar-refractivity contribution >= 4 is 72.6 Å². The predicted octanol–water partition coefficient (Wildman–Crippen LogP) is 5.82. The van der Waals surface area contributed by atoms with Gasteiger partial charge in [-0.05, 0) is 48.0 Å². The van der Waals surface area contributed by atoms with Crippen LogP contribution in [-0.4, -0.2) is 35.1 Å². The van der Waals surface area contributed by atoms with Crippen molar-refractivity contribution in [3.05, 3.63) is 116 Å². The first-order valence-electron chi connectivity index (χ1n) is 11.3. The minimum Gasteiger partial charge on any atom is -0.507 e. The highest BCUT2D eigenvalue weighted by molar-refractivity contribution is 7.93. The molecule has 4 aromatic rings. The Bertz CT molecular complexity index is 1820. The molecule has 202 valence electrons. The van der Waals surface area contributed by atoms with Gasteiger partial charge in [-0.2, -0.15) is 0 Å². The molecule has 0 spiro atoms. The van der Waals surface area contributed by atoms with Gasteiger partial charge in [-0.3, -0.25) is 24.6 Å². The first kappa shape index (κ1) is 27.5. The molecule has 10 nitrogen and oxygen atoms in total. The zero-order valence-corrected chi connectivity index (χ0v) is 23.0. The van der Waals surface area contributed by atoms with E-state index in [1.807, 2.05) is 0 Å². The number of anilines is 1. The molecule has 5 rings (SSSR count). The van der Waals surface area contributed by atoms with Crippen LogP contribution >= 0.6 is 34.5 Å². The number of aromatic nitrogens is 1. The van der Waals surface area contributed by atoms with E-state index in [0.717, 1.165) is 35.4 Å². The molecule has 1 N–H and O–H groups in total. The Hall–Kier alpha value is -4.10. The van der Waals surface area contributed by atoms with Crippen molar-refractivity contribution in [1.82, 2.24) is 4.98 Å². The summed E-state index contributed by atoms with van der Waals surface area (Å²) in [7, 11) is -4.18. The molecule has 1 fully saturated rings. The van der Waals surface area contributed by atoms with Gasteiger partial charge in [0.25, 0.3) is 11.5 Å². The highest BCUT2D eigenvalue weighted by atomic mass is 35.5. The summed E-state index contributed by atoms with van der Waals surface area (Å²) in [4.78, 5) is 41.8. The Morgan fingerprint density at radius 3 is 2.27 bits per heavy atom.